The van der Waals surface area contributed by atoms with E-state index in [-0.39, 0.29) is 22.9 Å². The van der Waals surface area contributed by atoms with E-state index in [0.717, 1.165) is 24.0 Å². The zero-order valence-electron chi connectivity index (χ0n) is 16.9. The highest BCUT2D eigenvalue weighted by Crippen LogP contribution is 2.62. The molecule has 1 saturated carbocycles. The fourth-order valence-electron chi connectivity index (χ4n) is 5.75. The van der Waals surface area contributed by atoms with Crippen molar-refractivity contribution in [3.63, 3.8) is 0 Å². The van der Waals surface area contributed by atoms with Crippen molar-refractivity contribution in [1.82, 2.24) is 0 Å². The number of methoxy groups -OCH3 is 2. The zero-order chi connectivity index (χ0) is 18.6. The first kappa shape index (κ1) is 18.6. The molecular weight excluding hydrogens is 312 g/mol. The van der Waals surface area contributed by atoms with Crippen molar-refractivity contribution in [1.29, 1.82) is 0 Å². The summed E-state index contributed by atoms with van der Waals surface area (Å²) in [6.07, 6.45) is 4.62. The molecule has 25 heavy (non-hydrogen) atoms. The SMILES string of the molecule is COc1c(C(C)C)cc2c(c1O)[C@@]1(C)CCCC(C)(C)[C@H]1C[C@@H]2OC. The van der Waals surface area contributed by atoms with Crippen molar-refractivity contribution < 1.29 is 14.6 Å². The van der Waals surface area contributed by atoms with E-state index in [9.17, 15) is 5.11 Å². The molecule has 1 aromatic rings. The molecule has 0 aliphatic heterocycles. The van der Waals surface area contributed by atoms with Gasteiger partial charge in [0.05, 0.1) is 13.2 Å². The number of phenolic OH excluding ortho intramolecular Hbond substituents is 1. The van der Waals surface area contributed by atoms with E-state index in [1.165, 1.54) is 18.4 Å². The average molecular weight is 347 g/mol. The minimum Gasteiger partial charge on any atom is -0.504 e. The van der Waals surface area contributed by atoms with E-state index in [1.807, 2.05) is 0 Å². The van der Waals surface area contributed by atoms with Crippen molar-refractivity contribution in [3.8, 4) is 11.5 Å². The molecule has 0 bridgehead atoms. The summed E-state index contributed by atoms with van der Waals surface area (Å²) in [5.74, 6) is 1.77. The van der Waals surface area contributed by atoms with Gasteiger partial charge in [0.25, 0.3) is 0 Å². The maximum Gasteiger partial charge on any atom is 0.164 e. The first-order valence-electron chi connectivity index (χ1n) is 9.64. The van der Waals surface area contributed by atoms with Crippen LogP contribution >= 0.6 is 0 Å². The van der Waals surface area contributed by atoms with Gasteiger partial charge in [-0.15, -0.1) is 0 Å². The quantitative estimate of drug-likeness (QED) is 0.763. The molecule has 1 aromatic carbocycles. The monoisotopic (exact) mass is 346 g/mol. The van der Waals surface area contributed by atoms with Crippen LogP contribution in [0, 0.1) is 11.3 Å². The molecule has 0 spiro atoms. The van der Waals surface area contributed by atoms with Crippen LogP contribution in [0.4, 0.5) is 0 Å². The number of hydrogen-bond donors (Lipinski definition) is 1. The molecule has 140 valence electrons. The van der Waals surface area contributed by atoms with Crippen LogP contribution in [-0.2, 0) is 10.2 Å². The van der Waals surface area contributed by atoms with Gasteiger partial charge in [0.15, 0.2) is 11.5 Å². The number of aromatic hydroxyl groups is 1. The minimum atomic E-state index is -0.0288. The first-order valence-corrected chi connectivity index (χ1v) is 9.64. The van der Waals surface area contributed by atoms with Crippen molar-refractivity contribution in [2.45, 2.75) is 77.7 Å². The molecule has 0 radical (unpaired) electrons. The highest BCUT2D eigenvalue weighted by Gasteiger charge is 2.53. The van der Waals surface area contributed by atoms with Gasteiger partial charge in [0, 0.05) is 23.7 Å². The molecule has 0 heterocycles. The zero-order valence-corrected chi connectivity index (χ0v) is 16.9. The molecule has 1 fully saturated rings. The standard InChI is InChI=1S/C22H34O3/c1-13(2)14-11-15-16(24-6)12-17-21(3,4)9-8-10-22(17,5)18(15)19(23)20(14)25-7/h11,13,16-17,23H,8-10,12H2,1-7H3/t16-,17+,22-/m0/s1. The summed E-state index contributed by atoms with van der Waals surface area (Å²) >= 11 is 0. The lowest BCUT2D eigenvalue weighted by molar-refractivity contribution is -0.0238. The molecule has 3 nitrogen and oxygen atoms in total. The van der Waals surface area contributed by atoms with E-state index < -0.39 is 0 Å². The normalized spacial score (nSPS) is 30.7. The lowest BCUT2D eigenvalue weighted by atomic mass is 9.49. The van der Waals surface area contributed by atoms with Gasteiger partial charge in [0.1, 0.15) is 0 Å². The van der Waals surface area contributed by atoms with Gasteiger partial charge in [0.2, 0.25) is 0 Å². The van der Waals surface area contributed by atoms with Gasteiger partial charge >= 0.3 is 0 Å². The van der Waals surface area contributed by atoms with Crippen LogP contribution in [0.25, 0.3) is 0 Å². The van der Waals surface area contributed by atoms with E-state index >= 15 is 0 Å². The molecule has 0 saturated heterocycles. The summed E-state index contributed by atoms with van der Waals surface area (Å²) in [6.45, 7) is 11.4. The predicted molar refractivity (Wildman–Crippen MR) is 102 cm³/mol. The van der Waals surface area contributed by atoms with E-state index in [1.54, 1.807) is 14.2 Å². The molecule has 0 aromatic heterocycles. The lowest BCUT2D eigenvalue weighted by Crippen LogP contribution is -2.49. The van der Waals surface area contributed by atoms with Gasteiger partial charge in [-0.1, -0.05) is 41.0 Å². The van der Waals surface area contributed by atoms with E-state index in [0.29, 0.717) is 17.4 Å². The second kappa shape index (κ2) is 6.19. The maximum atomic E-state index is 11.3. The first-order chi connectivity index (χ1) is 11.7. The molecule has 1 N–H and O–H groups in total. The van der Waals surface area contributed by atoms with Crippen LogP contribution in [0.3, 0.4) is 0 Å². The van der Waals surface area contributed by atoms with E-state index in [4.69, 9.17) is 9.47 Å². The van der Waals surface area contributed by atoms with Gasteiger partial charge in [-0.25, -0.2) is 0 Å². The Morgan fingerprint density at radius 1 is 1.16 bits per heavy atom. The predicted octanol–water partition coefficient (Wildman–Crippen LogP) is 5.70. The average Bonchev–Trinajstić information content (AvgIpc) is 2.53. The Bertz CT molecular complexity index is 662. The topological polar surface area (TPSA) is 38.7 Å². The Kier molecular flexibility index (Phi) is 4.60. The number of rotatable bonds is 3. The highest BCUT2D eigenvalue weighted by molar-refractivity contribution is 5.60. The van der Waals surface area contributed by atoms with Gasteiger partial charge < -0.3 is 14.6 Å². The van der Waals surface area contributed by atoms with Crippen LogP contribution in [0.15, 0.2) is 6.07 Å². The number of benzene rings is 1. The molecule has 2 aliphatic carbocycles. The van der Waals surface area contributed by atoms with Crippen LogP contribution < -0.4 is 4.74 Å². The summed E-state index contributed by atoms with van der Waals surface area (Å²) in [6, 6.07) is 2.23. The van der Waals surface area contributed by atoms with E-state index in [2.05, 4.69) is 40.7 Å². The number of hydrogen-bond acceptors (Lipinski definition) is 3. The lowest BCUT2D eigenvalue weighted by Gasteiger charge is -2.55. The fraction of sp³-hybridized carbons (Fsp3) is 0.727. The summed E-state index contributed by atoms with van der Waals surface area (Å²) < 4.78 is 11.6. The highest BCUT2D eigenvalue weighted by atomic mass is 16.5. The molecular formula is C22H34O3. The number of ether oxygens (including phenoxy) is 2. The van der Waals surface area contributed by atoms with Crippen molar-refractivity contribution in [3.05, 3.63) is 22.8 Å². The van der Waals surface area contributed by atoms with Crippen molar-refractivity contribution in [2.75, 3.05) is 14.2 Å². The molecule has 3 atom stereocenters. The molecule has 0 unspecified atom stereocenters. The largest absolute Gasteiger partial charge is 0.504 e. The Hall–Kier alpha value is -1.22. The summed E-state index contributed by atoms with van der Waals surface area (Å²) in [5.41, 5.74) is 3.53. The smallest absolute Gasteiger partial charge is 0.164 e. The van der Waals surface area contributed by atoms with Crippen molar-refractivity contribution >= 4 is 0 Å². The third kappa shape index (κ3) is 2.66. The van der Waals surface area contributed by atoms with Crippen LogP contribution in [0.5, 0.6) is 11.5 Å². The molecule has 3 rings (SSSR count). The van der Waals surface area contributed by atoms with Gasteiger partial charge in [-0.3, -0.25) is 0 Å². The Morgan fingerprint density at radius 2 is 1.84 bits per heavy atom. The van der Waals surface area contributed by atoms with Crippen LogP contribution in [0.2, 0.25) is 0 Å². The summed E-state index contributed by atoms with van der Waals surface area (Å²) in [7, 11) is 3.46. The van der Waals surface area contributed by atoms with Gasteiger partial charge in [-0.05, 0) is 48.1 Å². The summed E-state index contributed by atoms with van der Waals surface area (Å²) in [4.78, 5) is 0. The third-order valence-corrected chi connectivity index (χ3v) is 7.02. The second-order valence-electron chi connectivity index (χ2n) is 9.24. The maximum absolute atomic E-state index is 11.3. The third-order valence-electron chi connectivity index (χ3n) is 7.02. The second-order valence-corrected chi connectivity index (χ2v) is 9.24. The fourth-order valence-corrected chi connectivity index (χ4v) is 5.75. The molecule has 2 aliphatic rings. The van der Waals surface area contributed by atoms with Crippen molar-refractivity contribution in [2.24, 2.45) is 11.3 Å². The molecule has 3 heteroatoms. The number of phenols is 1. The Balaban J connectivity index is 2.30. The summed E-state index contributed by atoms with van der Waals surface area (Å²) in [5, 5.41) is 11.3. The van der Waals surface area contributed by atoms with Gasteiger partial charge in [-0.2, -0.15) is 0 Å². The molecule has 0 amide bonds. The Labute approximate surface area is 152 Å². The van der Waals surface area contributed by atoms with Crippen LogP contribution in [-0.4, -0.2) is 19.3 Å². The Morgan fingerprint density at radius 3 is 2.40 bits per heavy atom. The van der Waals surface area contributed by atoms with Crippen LogP contribution in [0.1, 0.15) is 89.0 Å². The minimum absolute atomic E-state index is 0.0288. The number of fused-ring (bicyclic) bond motifs is 3.